The van der Waals surface area contributed by atoms with Crippen LogP contribution in [0, 0.1) is 0 Å². The van der Waals surface area contributed by atoms with Crippen molar-refractivity contribution in [2.24, 2.45) is 30.0 Å². The zero-order chi connectivity index (χ0) is 47.9. The maximum absolute atomic E-state index is 14.5. The lowest BCUT2D eigenvalue weighted by Crippen LogP contribution is -2.62. The lowest BCUT2D eigenvalue weighted by Gasteiger charge is -2.28. The Labute approximate surface area is 390 Å². The Morgan fingerprint density at radius 1 is 0.478 bits per heavy atom. The molecule has 6 bridgehead atoms. The van der Waals surface area contributed by atoms with Gasteiger partial charge >= 0.3 is 14.9 Å². The largest absolute Gasteiger partial charge is 0.669 e. The van der Waals surface area contributed by atoms with Gasteiger partial charge in [-0.1, -0.05) is 132 Å². The van der Waals surface area contributed by atoms with Crippen LogP contribution < -0.4 is 11.0 Å². The first-order chi connectivity index (χ1) is 31.3. The van der Waals surface area contributed by atoms with E-state index in [2.05, 4.69) is 132 Å². The molecule has 14 heteroatoms. The Hall–Kier alpha value is -6.64. The van der Waals surface area contributed by atoms with E-state index in [1.807, 2.05) is 24.3 Å². The number of hydrogen-bond acceptors (Lipinski definition) is 11. The van der Waals surface area contributed by atoms with E-state index in [-0.39, 0.29) is 57.1 Å². The topological polar surface area (TPSA) is 157 Å². The van der Waals surface area contributed by atoms with Gasteiger partial charge in [-0.3, -0.25) is 18.1 Å². The zero-order valence-electron chi connectivity index (χ0n) is 40.5. The predicted molar refractivity (Wildman–Crippen MR) is 265 cm³/mol. The summed E-state index contributed by atoms with van der Waals surface area (Å²) < 4.78 is 14.8. The smallest absolute Gasteiger partial charge is 0.469 e. The number of esters is 1. The van der Waals surface area contributed by atoms with Crippen LogP contribution in [0.15, 0.2) is 103 Å². The molecule has 0 saturated heterocycles. The van der Waals surface area contributed by atoms with E-state index < -0.39 is 20.8 Å². The summed E-state index contributed by atoms with van der Waals surface area (Å²) in [6.07, 6.45) is -0.645. The van der Waals surface area contributed by atoms with E-state index in [0.717, 1.165) is 44.5 Å². The molecule has 13 nitrogen and oxygen atoms in total. The van der Waals surface area contributed by atoms with E-state index in [0.29, 0.717) is 44.9 Å². The highest BCUT2D eigenvalue weighted by Gasteiger charge is 2.53. The van der Waals surface area contributed by atoms with Gasteiger partial charge in [0.2, 0.25) is 0 Å². The lowest BCUT2D eigenvalue weighted by atomic mass is 9.85. The normalized spacial score (nSPS) is 17.4. The fraction of sp³-hybridized carbons (Fsp3) is 0.358. The molecule has 4 aliphatic rings. The minimum atomic E-state index is -5.20. The van der Waals surface area contributed by atoms with Gasteiger partial charge in [-0.15, -0.1) is 0 Å². The molecule has 6 aromatic rings. The minimum absolute atomic E-state index is 0.205. The van der Waals surface area contributed by atoms with E-state index in [9.17, 15) is 14.4 Å². The van der Waals surface area contributed by atoms with E-state index >= 15 is 0 Å². The Balaban J connectivity index is 1.46. The van der Waals surface area contributed by atoms with Gasteiger partial charge in [-0.05, 0) is 68.2 Å². The number of carbonyl (C=O) groups excluding carboxylic acids is 2. The molecule has 0 aliphatic carbocycles. The first kappa shape index (κ1) is 44.2. The van der Waals surface area contributed by atoms with Crippen molar-refractivity contribution in [3.63, 3.8) is 0 Å². The molecule has 0 fully saturated rings. The Bertz CT molecular complexity index is 3470. The van der Waals surface area contributed by atoms with Crippen molar-refractivity contribution in [3.05, 3.63) is 128 Å². The van der Waals surface area contributed by atoms with Crippen molar-refractivity contribution < 1.29 is 23.5 Å². The number of hydrogen-bond donors (Lipinski definition) is 1. The number of carbonyl (C=O) groups is 2. The van der Waals surface area contributed by atoms with Crippen LogP contribution in [0.4, 0.5) is 11.6 Å². The van der Waals surface area contributed by atoms with Crippen LogP contribution in [-0.2, 0) is 40.4 Å². The highest BCUT2D eigenvalue weighted by atomic mass is 28.4. The molecule has 67 heavy (non-hydrogen) atoms. The highest BCUT2D eigenvalue weighted by Crippen LogP contribution is 2.45. The molecule has 0 saturated carbocycles. The third-order valence-corrected chi connectivity index (χ3v) is 15.7. The van der Waals surface area contributed by atoms with Crippen molar-refractivity contribution in [2.75, 3.05) is 7.11 Å². The van der Waals surface area contributed by atoms with Crippen molar-refractivity contribution in [3.8, 4) is 0 Å². The van der Waals surface area contributed by atoms with Gasteiger partial charge in [-0.2, -0.15) is 0 Å². The van der Waals surface area contributed by atoms with Gasteiger partial charge in [0.15, 0.2) is 23.3 Å². The molecule has 4 aliphatic heterocycles. The van der Waals surface area contributed by atoms with Crippen LogP contribution in [0.5, 0.6) is 0 Å². The second-order valence-electron chi connectivity index (χ2n) is 22.1. The summed E-state index contributed by atoms with van der Waals surface area (Å²) in [7, 11) is -3.93. The second-order valence-corrected chi connectivity index (χ2v) is 24.3. The quantitative estimate of drug-likeness (QED) is 0.138. The lowest BCUT2D eigenvalue weighted by molar-refractivity contribution is -0.145. The molecule has 6 heterocycles. The first-order valence-electron chi connectivity index (χ1n) is 22.8. The number of amidine groups is 4. The van der Waals surface area contributed by atoms with Gasteiger partial charge in [-0.25, -0.2) is 30.0 Å². The summed E-state index contributed by atoms with van der Waals surface area (Å²) in [5, 5.41) is 2.59. The molecular formula is C53H56N8O5Si. The van der Waals surface area contributed by atoms with Gasteiger partial charge in [0, 0.05) is 43.8 Å². The standard InChI is InChI=1S/C53H56N8O5Si/c1-50(2,3)28-14-18-32-36(24-28)44-54-42(32)56-48-39-27-31(53(10,11)12)17-21-35(39)47-59-45-37-25-29(51(4,5)6)15-19-33(37)43(55-45)57-49-38-26-30(52(7,8)9)16-20-34(38)46(58-44)60(49)67(64,61(47)48)66-41(63)23-22-40(62)65-13/h14-21,24-27,64H,22-23H2,1-13H3. The Morgan fingerprint density at radius 3 is 1.40 bits per heavy atom. The van der Waals surface area contributed by atoms with Gasteiger partial charge in [0.05, 0.1) is 20.0 Å². The highest BCUT2D eigenvalue weighted by molar-refractivity contribution is 6.66. The number of nitrogens with zero attached hydrogens (tertiary/aromatic N) is 8. The third-order valence-electron chi connectivity index (χ3n) is 13.2. The second kappa shape index (κ2) is 14.7. The Kier molecular flexibility index (Phi) is 9.68. The number of fused-ring (bicyclic) bond motifs is 14. The fourth-order valence-corrected chi connectivity index (χ4v) is 11.7. The SMILES string of the molecule is COC(=O)CCC(=O)O[Si]1(O)n2c3c4cc(C(C)(C)C)ccc4c2N=C2N=C(N=c4c5cc(C(C)(C)C)ccc5c(n41)=NC1=NC(=N3)c3ccc(C(C)(C)C)cc31)c1ccc(C(C)(C)C)cc12. The number of ether oxygens (including phenoxy) is 1. The molecule has 4 aromatic carbocycles. The van der Waals surface area contributed by atoms with Gasteiger partial charge in [0.25, 0.3) is 5.97 Å². The molecule has 0 amide bonds. The summed E-state index contributed by atoms with van der Waals surface area (Å²) >= 11 is 0. The molecule has 10 rings (SSSR count). The van der Waals surface area contributed by atoms with Crippen molar-refractivity contribution >= 4 is 77.3 Å². The number of aliphatic imine (C=N–C) groups is 4. The van der Waals surface area contributed by atoms with Crippen LogP contribution in [0.3, 0.4) is 0 Å². The summed E-state index contributed by atoms with van der Waals surface area (Å²) in [6, 6.07) is 24.7. The van der Waals surface area contributed by atoms with Gasteiger partial charge in [0.1, 0.15) is 22.6 Å². The summed E-state index contributed by atoms with van der Waals surface area (Å²) in [6.45, 7) is 25.8. The van der Waals surface area contributed by atoms with E-state index in [1.54, 1.807) is 8.47 Å². The van der Waals surface area contributed by atoms with Crippen LogP contribution in [0.2, 0.25) is 0 Å². The van der Waals surface area contributed by atoms with Crippen molar-refractivity contribution in [1.82, 2.24) is 8.47 Å². The van der Waals surface area contributed by atoms with Crippen LogP contribution in [-0.4, -0.2) is 64.5 Å². The molecule has 0 radical (unpaired) electrons. The molecule has 0 spiro atoms. The average molecular weight is 913 g/mol. The molecule has 1 unspecified atom stereocenters. The van der Waals surface area contributed by atoms with Gasteiger partial charge < -0.3 is 14.0 Å². The maximum Gasteiger partial charge on any atom is 0.669 e. The third kappa shape index (κ3) is 7.14. The number of aromatic nitrogens is 2. The van der Waals surface area contributed by atoms with E-state index in [4.69, 9.17) is 39.1 Å². The van der Waals surface area contributed by atoms with E-state index in [1.165, 1.54) is 7.11 Å². The number of methoxy groups -OCH3 is 1. The fourth-order valence-electron chi connectivity index (χ4n) is 9.12. The monoisotopic (exact) mass is 912 g/mol. The van der Waals surface area contributed by atoms with Crippen LogP contribution in [0.25, 0.3) is 21.5 Å². The number of benzene rings is 4. The van der Waals surface area contributed by atoms with Crippen molar-refractivity contribution in [1.29, 1.82) is 0 Å². The molecule has 1 N–H and O–H groups in total. The van der Waals surface area contributed by atoms with Crippen molar-refractivity contribution in [2.45, 2.75) is 118 Å². The Morgan fingerprint density at radius 2 is 0.881 bits per heavy atom. The zero-order valence-corrected chi connectivity index (χ0v) is 41.5. The predicted octanol–water partition coefficient (Wildman–Crippen LogP) is 9.05. The number of rotatable bonds is 4. The van der Waals surface area contributed by atoms with Crippen LogP contribution >= 0.6 is 0 Å². The summed E-state index contributed by atoms with van der Waals surface area (Å²) in [5.74, 6) is 0.637. The molecular weight excluding hydrogens is 857 g/mol. The minimum Gasteiger partial charge on any atom is -0.469 e. The first-order valence-corrected chi connectivity index (χ1v) is 24.6. The molecule has 342 valence electrons. The van der Waals surface area contributed by atoms with Crippen LogP contribution in [0.1, 0.15) is 140 Å². The maximum atomic E-state index is 14.5. The molecule has 1 atom stereocenters. The molecule has 2 aromatic heterocycles. The average Bonchev–Trinajstić information content (AvgIpc) is 3.96. The summed E-state index contributed by atoms with van der Waals surface area (Å²) in [5.41, 5.74) is 6.79. The summed E-state index contributed by atoms with van der Waals surface area (Å²) in [4.78, 5) is 73.6.